The van der Waals surface area contributed by atoms with Crippen molar-refractivity contribution in [1.82, 2.24) is 25.3 Å². The molecule has 3 heterocycles. The van der Waals surface area contributed by atoms with Crippen LogP contribution in [-0.4, -0.2) is 45.0 Å². The third kappa shape index (κ3) is 6.23. The Kier molecular flexibility index (Phi) is 8.43. The lowest BCUT2D eigenvalue weighted by Crippen LogP contribution is -2.30. The molecule has 216 valence electrons. The van der Waals surface area contributed by atoms with Gasteiger partial charge in [0, 0.05) is 28.9 Å². The van der Waals surface area contributed by atoms with Crippen molar-refractivity contribution in [3.8, 4) is 16.8 Å². The van der Waals surface area contributed by atoms with Crippen molar-refractivity contribution in [2.45, 2.75) is 32.2 Å². The van der Waals surface area contributed by atoms with Crippen LogP contribution in [0.4, 0.5) is 20.6 Å². The first-order chi connectivity index (χ1) is 20.2. The van der Waals surface area contributed by atoms with Crippen LogP contribution >= 0.6 is 11.6 Å². The van der Waals surface area contributed by atoms with E-state index in [1.807, 2.05) is 6.92 Å². The first kappa shape index (κ1) is 28.7. The fraction of sp³-hybridized carbons (Fsp3) is 0.241. The molecule has 0 spiro atoms. The maximum Gasteiger partial charge on any atom is 0.411 e. The molecule has 0 saturated carbocycles. The lowest BCUT2D eigenvalue weighted by Gasteiger charge is -2.22. The van der Waals surface area contributed by atoms with E-state index in [1.54, 1.807) is 36.5 Å². The van der Waals surface area contributed by atoms with Crippen LogP contribution in [0.2, 0.25) is 5.02 Å². The summed E-state index contributed by atoms with van der Waals surface area (Å²) in [5.41, 5.74) is 3.06. The van der Waals surface area contributed by atoms with Crippen molar-refractivity contribution < 1.29 is 23.5 Å². The van der Waals surface area contributed by atoms with E-state index in [1.165, 1.54) is 36.3 Å². The van der Waals surface area contributed by atoms with E-state index in [9.17, 15) is 18.8 Å². The van der Waals surface area contributed by atoms with Crippen molar-refractivity contribution in [1.29, 1.82) is 0 Å². The minimum absolute atomic E-state index is 0.0545. The van der Waals surface area contributed by atoms with Crippen molar-refractivity contribution in [2.75, 3.05) is 17.7 Å². The summed E-state index contributed by atoms with van der Waals surface area (Å²) in [7, 11) is 1.26. The van der Waals surface area contributed by atoms with E-state index >= 15 is 0 Å². The molecule has 2 atom stereocenters. The first-order valence-electron chi connectivity index (χ1n) is 13.2. The Labute approximate surface area is 245 Å². The molecule has 5 rings (SSSR count). The van der Waals surface area contributed by atoms with E-state index in [0.29, 0.717) is 47.5 Å². The van der Waals surface area contributed by atoms with E-state index in [2.05, 4.69) is 36.0 Å². The number of anilines is 2. The highest BCUT2D eigenvalue weighted by atomic mass is 35.5. The van der Waals surface area contributed by atoms with Gasteiger partial charge in [0.1, 0.15) is 5.69 Å². The molecular formula is C29H27ClFN7O4. The van der Waals surface area contributed by atoms with Gasteiger partial charge in [0.05, 0.1) is 47.5 Å². The van der Waals surface area contributed by atoms with Crippen LogP contribution in [0.15, 0.2) is 61.1 Å². The van der Waals surface area contributed by atoms with Crippen molar-refractivity contribution >= 4 is 40.9 Å². The van der Waals surface area contributed by atoms with Crippen LogP contribution in [0.3, 0.4) is 0 Å². The molecular weight excluding hydrogens is 565 g/mol. The molecule has 1 aliphatic rings. The number of fused-ring (bicyclic) bond motifs is 4. The molecule has 11 nitrogen and oxygen atoms in total. The van der Waals surface area contributed by atoms with Crippen LogP contribution in [0, 0.1) is 11.7 Å². The molecule has 13 heteroatoms. The Bertz CT molecular complexity index is 1660. The normalized spacial score (nSPS) is 16.7. The number of methoxy groups -OCH3 is 1. The summed E-state index contributed by atoms with van der Waals surface area (Å²) in [4.78, 5) is 38.1. The maximum atomic E-state index is 14.5. The van der Waals surface area contributed by atoms with Crippen molar-refractivity contribution in [2.24, 2.45) is 5.92 Å². The molecule has 0 aliphatic carbocycles. The van der Waals surface area contributed by atoms with Gasteiger partial charge in [-0.2, -0.15) is 15.3 Å². The van der Waals surface area contributed by atoms with Gasteiger partial charge < -0.3 is 15.4 Å². The van der Waals surface area contributed by atoms with Gasteiger partial charge in [0.15, 0.2) is 5.82 Å². The Morgan fingerprint density at radius 2 is 2.00 bits per heavy atom. The highest BCUT2D eigenvalue weighted by Crippen LogP contribution is 2.33. The number of rotatable bonds is 4. The smallest absolute Gasteiger partial charge is 0.411 e. The lowest BCUT2D eigenvalue weighted by molar-refractivity contribution is -0.119. The number of benzene rings is 2. The summed E-state index contributed by atoms with van der Waals surface area (Å²) in [6, 6.07) is 10.9. The zero-order chi connectivity index (χ0) is 29.8. The third-order valence-corrected chi connectivity index (χ3v) is 7.25. The van der Waals surface area contributed by atoms with Crippen LogP contribution in [0.25, 0.3) is 16.8 Å². The first-order valence-corrected chi connectivity index (χ1v) is 13.5. The van der Waals surface area contributed by atoms with Crippen molar-refractivity contribution in [3.63, 3.8) is 0 Å². The number of halogens is 2. The Hall–Kier alpha value is -4.84. The van der Waals surface area contributed by atoms with Crippen LogP contribution < -0.4 is 16.0 Å². The number of hydrogen-bond donors (Lipinski definition) is 3. The SMILES string of the molecule is COC(=O)Nc1ccc2c(c1)NC(=O)C(C)CCC[C@H](NC(=O)c1cnn(-c3cccc(Cl)c3F)c1)c1cc-2cnn1. The fourth-order valence-corrected chi connectivity index (χ4v) is 4.81. The van der Waals surface area contributed by atoms with Crippen molar-refractivity contribution in [3.05, 3.63) is 83.2 Å². The second-order valence-corrected chi connectivity index (χ2v) is 10.2. The highest BCUT2D eigenvalue weighted by molar-refractivity contribution is 6.30. The molecule has 0 fully saturated rings. The summed E-state index contributed by atoms with van der Waals surface area (Å²) in [6.07, 6.45) is 5.33. The number of carbonyl (C=O) groups excluding carboxylic acids is 3. The zero-order valence-corrected chi connectivity index (χ0v) is 23.5. The molecule has 4 aromatic rings. The van der Waals surface area contributed by atoms with Gasteiger partial charge in [-0.15, -0.1) is 0 Å². The predicted molar refractivity (Wildman–Crippen MR) is 154 cm³/mol. The molecule has 2 aromatic carbocycles. The number of ether oxygens (including phenoxy) is 1. The summed E-state index contributed by atoms with van der Waals surface area (Å²) >= 11 is 5.90. The minimum atomic E-state index is -0.646. The van der Waals surface area contributed by atoms with Gasteiger partial charge in [-0.25, -0.2) is 13.9 Å². The summed E-state index contributed by atoms with van der Waals surface area (Å²) in [5, 5.41) is 21.1. The summed E-state index contributed by atoms with van der Waals surface area (Å²) in [6.45, 7) is 1.83. The molecule has 1 unspecified atom stereocenters. The van der Waals surface area contributed by atoms with E-state index in [4.69, 9.17) is 11.6 Å². The molecule has 2 aromatic heterocycles. The van der Waals surface area contributed by atoms with Crippen LogP contribution in [0.5, 0.6) is 0 Å². The Balaban J connectivity index is 1.46. The standard InChI is InChI=1S/C29H27ClFN7O4/c1-16-5-3-7-22(35-28(40)18-14-33-38(15-18)25-8-4-6-21(30)26(25)31)24-11-17(13-32-37-24)20-10-9-19(34-29(41)42-2)12-23(20)36-27(16)39/h4,6,8-16,22H,3,5,7H2,1-2H3,(H,34,41)(H,35,40)(H,36,39)/t16?,22-/m0/s1. The van der Waals surface area contributed by atoms with E-state index < -0.39 is 23.9 Å². The molecule has 42 heavy (non-hydrogen) atoms. The van der Waals surface area contributed by atoms with Gasteiger partial charge in [-0.1, -0.05) is 37.1 Å². The predicted octanol–water partition coefficient (Wildman–Crippen LogP) is 5.53. The Morgan fingerprint density at radius 1 is 1.17 bits per heavy atom. The van der Waals surface area contributed by atoms with E-state index in [0.717, 1.165) is 0 Å². The van der Waals surface area contributed by atoms with E-state index in [-0.39, 0.29) is 28.1 Å². The number of nitrogens with one attached hydrogen (secondary N) is 3. The monoisotopic (exact) mass is 591 g/mol. The fourth-order valence-electron chi connectivity index (χ4n) is 4.64. The number of amides is 3. The molecule has 0 radical (unpaired) electrons. The summed E-state index contributed by atoms with van der Waals surface area (Å²) < 4.78 is 20.4. The zero-order valence-electron chi connectivity index (χ0n) is 22.7. The lowest BCUT2D eigenvalue weighted by atomic mass is 9.96. The average molecular weight is 592 g/mol. The topological polar surface area (TPSA) is 140 Å². The summed E-state index contributed by atoms with van der Waals surface area (Å²) in [5.74, 6) is -1.60. The second kappa shape index (κ2) is 12.4. The van der Waals surface area contributed by atoms with Crippen LogP contribution in [-0.2, 0) is 9.53 Å². The maximum absolute atomic E-state index is 14.5. The number of nitrogens with zero attached hydrogens (tertiary/aromatic N) is 4. The average Bonchev–Trinajstić information content (AvgIpc) is 3.48. The molecule has 0 saturated heterocycles. The molecule has 1 aliphatic heterocycles. The molecule has 2 bridgehead atoms. The van der Waals surface area contributed by atoms with Gasteiger partial charge >= 0.3 is 6.09 Å². The largest absolute Gasteiger partial charge is 0.453 e. The van der Waals surface area contributed by atoms with Gasteiger partial charge in [0.2, 0.25) is 5.91 Å². The van der Waals surface area contributed by atoms with Crippen LogP contribution in [0.1, 0.15) is 48.3 Å². The molecule has 3 amide bonds. The number of hydrogen-bond acceptors (Lipinski definition) is 7. The third-order valence-electron chi connectivity index (χ3n) is 6.96. The minimum Gasteiger partial charge on any atom is -0.453 e. The Morgan fingerprint density at radius 3 is 2.81 bits per heavy atom. The van der Waals surface area contributed by atoms with Gasteiger partial charge in [-0.05, 0) is 43.2 Å². The highest BCUT2D eigenvalue weighted by Gasteiger charge is 2.24. The molecule has 3 N–H and O–H groups in total. The van der Waals surface area contributed by atoms with Gasteiger partial charge in [0.25, 0.3) is 5.91 Å². The number of carbonyl (C=O) groups is 3. The van der Waals surface area contributed by atoms with Gasteiger partial charge in [-0.3, -0.25) is 14.9 Å². The quantitative estimate of drug-likeness (QED) is 0.283. The second-order valence-electron chi connectivity index (χ2n) is 9.84. The number of aromatic nitrogens is 4.